The Morgan fingerprint density at radius 3 is 2.50 bits per heavy atom. The average molecular weight is 318 g/mol. The van der Waals surface area contributed by atoms with Crippen LogP contribution < -0.4 is 5.32 Å². The second-order valence-electron chi connectivity index (χ2n) is 4.56. The van der Waals surface area contributed by atoms with Crippen molar-refractivity contribution < 1.29 is 14.7 Å². The molecule has 0 aliphatic rings. The zero-order valence-electron chi connectivity index (χ0n) is 11.2. The Bertz CT molecular complexity index is 491. The van der Waals surface area contributed by atoms with Crippen LogP contribution in [0.4, 0.5) is 0 Å². The van der Waals surface area contributed by atoms with Crippen molar-refractivity contribution in [2.45, 2.75) is 38.6 Å². The molecule has 1 aromatic carbocycles. The number of amides is 1. The highest BCUT2D eigenvalue weighted by Crippen LogP contribution is 2.26. The van der Waals surface area contributed by atoms with Crippen LogP contribution >= 0.6 is 23.2 Å². The summed E-state index contributed by atoms with van der Waals surface area (Å²) in [5.74, 6) is -0.958. The number of unbranched alkanes of at least 4 members (excludes halogenated alkanes) is 1. The van der Waals surface area contributed by atoms with Crippen molar-refractivity contribution in [2.75, 3.05) is 0 Å². The highest BCUT2D eigenvalue weighted by molar-refractivity contribution is 6.35. The molecular formula is C14H17Cl2NO3. The fourth-order valence-electron chi connectivity index (χ4n) is 1.81. The van der Waals surface area contributed by atoms with Crippen LogP contribution in [-0.2, 0) is 9.59 Å². The third-order valence-electron chi connectivity index (χ3n) is 2.85. The van der Waals surface area contributed by atoms with Crippen LogP contribution in [0.2, 0.25) is 10.0 Å². The minimum Gasteiger partial charge on any atom is -0.481 e. The molecule has 0 saturated heterocycles. The number of benzene rings is 1. The Kier molecular flexibility index (Phi) is 6.82. The van der Waals surface area contributed by atoms with Gasteiger partial charge in [-0.3, -0.25) is 9.59 Å². The minimum absolute atomic E-state index is 0.0891. The Morgan fingerprint density at radius 2 is 1.90 bits per heavy atom. The average Bonchev–Trinajstić information content (AvgIpc) is 2.34. The Labute approximate surface area is 128 Å². The van der Waals surface area contributed by atoms with Crippen molar-refractivity contribution in [1.82, 2.24) is 5.32 Å². The topological polar surface area (TPSA) is 66.4 Å². The van der Waals surface area contributed by atoms with E-state index in [-0.39, 0.29) is 18.4 Å². The monoisotopic (exact) mass is 317 g/mol. The van der Waals surface area contributed by atoms with Crippen LogP contribution in [0.1, 0.15) is 44.2 Å². The summed E-state index contributed by atoms with van der Waals surface area (Å²) in [4.78, 5) is 22.1. The van der Waals surface area contributed by atoms with Gasteiger partial charge in [-0.1, -0.05) is 29.3 Å². The van der Waals surface area contributed by atoms with Gasteiger partial charge in [0.15, 0.2) is 0 Å². The first-order valence-electron chi connectivity index (χ1n) is 6.36. The number of carbonyl (C=O) groups is 2. The van der Waals surface area contributed by atoms with Crippen molar-refractivity contribution in [3.05, 3.63) is 33.8 Å². The number of halogens is 2. The van der Waals surface area contributed by atoms with Gasteiger partial charge in [-0.15, -0.1) is 0 Å². The molecule has 0 radical (unpaired) electrons. The van der Waals surface area contributed by atoms with Gasteiger partial charge in [-0.05, 0) is 37.5 Å². The molecular weight excluding hydrogens is 301 g/mol. The molecule has 2 N–H and O–H groups in total. The van der Waals surface area contributed by atoms with Gasteiger partial charge in [0, 0.05) is 22.9 Å². The smallest absolute Gasteiger partial charge is 0.303 e. The lowest BCUT2D eigenvalue weighted by Crippen LogP contribution is -2.26. The number of hydrogen-bond donors (Lipinski definition) is 2. The van der Waals surface area contributed by atoms with E-state index in [4.69, 9.17) is 28.3 Å². The maximum absolute atomic E-state index is 11.7. The first-order chi connectivity index (χ1) is 9.40. The summed E-state index contributed by atoms with van der Waals surface area (Å²) in [5, 5.41) is 12.4. The normalized spacial score (nSPS) is 11.9. The van der Waals surface area contributed by atoms with E-state index < -0.39 is 5.97 Å². The van der Waals surface area contributed by atoms with Gasteiger partial charge in [0.1, 0.15) is 0 Å². The number of carboxylic acid groups (broad SMARTS) is 1. The first kappa shape index (κ1) is 16.8. The van der Waals surface area contributed by atoms with Crippen LogP contribution in [-0.4, -0.2) is 17.0 Å². The quantitative estimate of drug-likeness (QED) is 0.751. The lowest BCUT2D eigenvalue weighted by Gasteiger charge is -2.16. The largest absolute Gasteiger partial charge is 0.481 e. The zero-order valence-corrected chi connectivity index (χ0v) is 12.7. The Morgan fingerprint density at radius 1 is 1.25 bits per heavy atom. The highest BCUT2D eigenvalue weighted by Gasteiger charge is 2.12. The molecule has 0 bridgehead atoms. The van der Waals surface area contributed by atoms with E-state index in [2.05, 4.69) is 5.32 Å². The van der Waals surface area contributed by atoms with E-state index in [0.29, 0.717) is 29.3 Å². The Balaban J connectivity index is 2.43. The van der Waals surface area contributed by atoms with E-state index in [1.807, 2.05) is 6.92 Å². The van der Waals surface area contributed by atoms with Crippen LogP contribution in [0.25, 0.3) is 0 Å². The van der Waals surface area contributed by atoms with Gasteiger partial charge < -0.3 is 10.4 Å². The predicted molar refractivity (Wildman–Crippen MR) is 79.1 cm³/mol. The second kappa shape index (κ2) is 8.12. The predicted octanol–water partition coefficient (Wildman–Crippen LogP) is 3.82. The maximum Gasteiger partial charge on any atom is 0.303 e. The SMILES string of the molecule is CC(NC(=O)CCCCC(=O)O)c1ccc(Cl)cc1Cl. The van der Waals surface area contributed by atoms with Crippen LogP contribution in [0.15, 0.2) is 18.2 Å². The zero-order chi connectivity index (χ0) is 15.1. The van der Waals surface area contributed by atoms with E-state index in [9.17, 15) is 9.59 Å². The summed E-state index contributed by atoms with van der Waals surface area (Å²) in [6.07, 6.45) is 1.45. The van der Waals surface area contributed by atoms with Gasteiger partial charge in [-0.2, -0.15) is 0 Å². The third-order valence-corrected chi connectivity index (χ3v) is 3.41. The van der Waals surface area contributed by atoms with E-state index in [1.54, 1.807) is 18.2 Å². The van der Waals surface area contributed by atoms with Crippen LogP contribution in [0.5, 0.6) is 0 Å². The van der Waals surface area contributed by atoms with Crippen molar-refractivity contribution in [2.24, 2.45) is 0 Å². The van der Waals surface area contributed by atoms with Gasteiger partial charge in [0.2, 0.25) is 5.91 Å². The number of rotatable bonds is 7. The first-order valence-corrected chi connectivity index (χ1v) is 7.12. The van der Waals surface area contributed by atoms with Crippen molar-refractivity contribution in [3.63, 3.8) is 0 Å². The van der Waals surface area contributed by atoms with Crippen LogP contribution in [0, 0.1) is 0 Å². The summed E-state index contributed by atoms with van der Waals surface area (Å²) < 4.78 is 0. The fraction of sp³-hybridized carbons (Fsp3) is 0.429. The summed E-state index contributed by atoms with van der Waals surface area (Å²) in [5.41, 5.74) is 0.801. The molecule has 0 heterocycles. The van der Waals surface area contributed by atoms with Crippen LogP contribution in [0.3, 0.4) is 0 Å². The molecule has 0 aliphatic heterocycles. The molecule has 1 unspecified atom stereocenters. The number of carboxylic acids is 1. The molecule has 1 aromatic rings. The molecule has 0 fully saturated rings. The lowest BCUT2D eigenvalue weighted by atomic mass is 10.1. The number of nitrogens with one attached hydrogen (secondary N) is 1. The lowest BCUT2D eigenvalue weighted by molar-refractivity contribution is -0.137. The van der Waals surface area contributed by atoms with E-state index in [0.717, 1.165) is 5.56 Å². The number of hydrogen-bond acceptors (Lipinski definition) is 2. The van der Waals surface area contributed by atoms with Crippen molar-refractivity contribution in [1.29, 1.82) is 0 Å². The molecule has 0 saturated carbocycles. The van der Waals surface area contributed by atoms with E-state index >= 15 is 0 Å². The van der Waals surface area contributed by atoms with Gasteiger partial charge in [0.05, 0.1) is 6.04 Å². The number of aliphatic carboxylic acids is 1. The summed E-state index contributed by atoms with van der Waals surface area (Å²) in [7, 11) is 0. The van der Waals surface area contributed by atoms with Gasteiger partial charge >= 0.3 is 5.97 Å². The third kappa shape index (κ3) is 5.80. The molecule has 0 aromatic heterocycles. The fourth-order valence-corrected chi connectivity index (χ4v) is 2.38. The molecule has 0 aliphatic carbocycles. The summed E-state index contributed by atoms with van der Waals surface area (Å²) >= 11 is 11.9. The molecule has 1 atom stereocenters. The summed E-state index contributed by atoms with van der Waals surface area (Å²) in [6, 6.07) is 4.92. The molecule has 4 nitrogen and oxygen atoms in total. The second-order valence-corrected chi connectivity index (χ2v) is 5.40. The maximum atomic E-state index is 11.7. The number of carbonyl (C=O) groups excluding carboxylic acids is 1. The van der Waals surface area contributed by atoms with E-state index in [1.165, 1.54) is 0 Å². The highest BCUT2D eigenvalue weighted by atomic mass is 35.5. The molecule has 110 valence electrons. The molecule has 1 amide bonds. The minimum atomic E-state index is -0.841. The van der Waals surface area contributed by atoms with Gasteiger partial charge in [-0.25, -0.2) is 0 Å². The molecule has 1 rings (SSSR count). The molecule has 20 heavy (non-hydrogen) atoms. The summed E-state index contributed by atoms with van der Waals surface area (Å²) in [6.45, 7) is 1.84. The standard InChI is InChI=1S/C14H17Cl2NO3/c1-9(11-7-6-10(15)8-12(11)16)17-13(18)4-2-3-5-14(19)20/h6-9H,2-5H2,1H3,(H,17,18)(H,19,20). The van der Waals surface area contributed by atoms with Crippen molar-refractivity contribution in [3.8, 4) is 0 Å². The van der Waals surface area contributed by atoms with Crippen molar-refractivity contribution >= 4 is 35.1 Å². The molecule has 6 heteroatoms. The Hall–Kier alpha value is -1.26. The molecule has 0 spiro atoms. The van der Waals surface area contributed by atoms with Gasteiger partial charge in [0.25, 0.3) is 0 Å².